The van der Waals surface area contributed by atoms with Gasteiger partial charge < -0.3 is 19.9 Å². The molecule has 33 heavy (non-hydrogen) atoms. The van der Waals surface area contributed by atoms with Gasteiger partial charge in [-0.25, -0.2) is 0 Å². The van der Waals surface area contributed by atoms with Gasteiger partial charge in [0, 0.05) is 35.2 Å². The number of aryl methyl sites for hydroxylation is 2. The number of nitrogens with zero attached hydrogens (tertiary/aromatic N) is 2. The van der Waals surface area contributed by atoms with E-state index in [4.69, 9.17) is 9.47 Å². The smallest absolute Gasteiger partial charge is 0.161 e. The molecular weight excluding hydrogens is 414 g/mol. The second-order valence-electron chi connectivity index (χ2n) is 8.96. The highest BCUT2D eigenvalue weighted by atomic mass is 16.6. The van der Waals surface area contributed by atoms with E-state index in [1.807, 2.05) is 44.2 Å². The molecule has 0 amide bonds. The number of benzene rings is 2. The first-order valence-corrected chi connectivity index (χ1v) is 11.7. The summed E-state index contributed by atoms with van der Waals surface area (Å²) in [7, 11) is 0. The Labute approximate surface area is 195 Å². The van der Waals surface area contributed by atoms with Crippen molar-refractivity contribution in [2.24, 2.45) is 0 Å². The Kier molecular flexibility index (Phi) is 6.20. The molecule has 1 unspecified atom stereocenters. The number of aromatic nitrogens is 1. The molecule has 1 fully saturated rings. The van der Waals surface area contributed by atoms with Crippen molar-refractivity contribution in [3.63, 3.8) is 0 Å². The van der Waals surface area contributed by atoms with E-state index in [-0.39, 0.29) is 0 Å². The molecule has 1 saturated heterocycles. The second kappa shape index (κ2) is 9.41. The number of rotatable bonds is 6. The van der Waals surface area contributed by atoms with Gasteiger partial charge in [-0.15, -0.1) is 0 Å². The molecule has 172 valence electrons. The average Bonchev–Trinajstić information content (AvgIpc) is 3.27. The van der Waals surface area contributed by atoms with Gasteiger partial charge in [0.15, 0.2) is 17.7 Å². The quantitative estimate of drug-likeness (QED) is 0.526. The fourth-order valence-corrected chi connectivity index (χ4v) is 4.87. The minimum atomic E-state index is -0.769. The minimum absolute atomic E-state index is 0.388. The number of hydrogen-bond acceptors (Lipinski definition) is 6. The number of nitrogens with one attached hydrogen (secondary N) is 1. The molecule has 6 nitrogen and oxygen atoms in total. The Balaban J connectivity index is 1.24. The van der Waals surface area contributed by atoms with Crippen LogP contribution >= 0.6 is 0 Å². The number of pyridine rings is 1. The molecule has 0 saturated carbocycles. The number of fused-ring (bicyclic) bond motifs is 1. The number of aliphatic hydroxyl groups excluding tert-OH is 1. The van der Waals surface area contributed by atoms with Crippen LogP contribution in [0.3, 0.4) is 0 Å². The largest absolute Gasteiger partial charge is 0.486 e. The fraction of sp³-hybridized carbons (Fsp3) is 0.370. The summed E-state index contributed by atoms with van der Waals surface area (Å²) in [6, 6.07) is 18.9. The molecule has 5 rings (SSSR count). The van der Waals surface area contributed by atoms with Crippen molar-refractivity contribution in [3.8, 4) is 11.5 Å². The number of likely N-dealkylation sites (tertiary alicyclic amines) is 1. The molecule has 0 spiro atoms. The summed E-state index contributed by atoms with van der Waals surface area (Å²) in [5.41, 5.74) is 6.07. The molecule has 3 aromatic rings. The lowest BCUT2D eigenvalue weighted by atomic mass is 10.0. The molecule has 0 radical (unpaired) electrons. The first-order chi connectivity index (χ1) is 16.0. The summed E-state index contributed by atoms with van der Waals surface area (Å²) in [4.78, 5) is 6.91. The maximum atomic E-state index is 10.6. The second-order valence-corrected chi connectivity index (χ2v) is 8.96. The summed E-state index contributed by atoms with van der Waals surface area (Å²) in [6.45, 7) is 7.08. The summed E-state index contributed by atoms with van der Waals surface area (Å²) in [6.07, 6.45) is 1.57. The molecule has 3 heterocycles. The molecule has 2 aliphatic heterocycles. The molecule has 2 atom stereocenters. The highest BCUT2D eigenvalue weighted by Crippen LogP contribution is 2.38. The molecule has 2 aromatic carbocycles. The van der Waals surface area contributed by atoms with Gasteiger partial charge in [0.1, 0.15) is 13.2 Å². The highest BCUT2D eigenvalue weighted by Gasteiger charge is 2.27. The molecule has 0 aliphatic carbocycles. The van der Waals surface area contributed by atoms with Crippen LogP contribution in [0.4, 0.5) is 5.69 Å². The summed E-state index contributed by atoms with van der Waals surface area (Å²) >= 11 is 0. The van der Waals surface area contributed by atoms with Gasteiger partial charge in [0.25, 0.3) is 0 Å². The van der Waals surface area contributed by atoms with E-state index in [2.05, 4.69) is 39.5 Å². The van der Waals surface area contributed by atoms with Crippen molar-refractivity contribution in [2.45, 2.75) is 45.5 Å². The van der Waals surface area contributed by atoms with Crippen molar-refractivity contribution in [1.29, 1.82) is 0 Å². The molecule has 2 N–H and O–H groups in total. The van der Waals surface area contributed by atoms with Gasteiger partial charge in [-0.2, -0.15) is 0 Å². The number of anilines is 1. The van der Waals surface area contributed by atoms with Crippen LogP contribution < -0.4 is 14.8 Å². The van der Waals surface area contributed by atoms with E-state index >= 15 is 0 Å². The summed E-state index contributed by atoms with van der Waals surface area (Å²) in [5, 5.41) is 13.8. The zero-order chi connectivity index (χ0) is 22.8. The third kappa shape index (κ3) is 4.97. The number of ether oxygens (including phenoxy) is 2. The first-order valence-electron chi connectivity index (χ1n) is 11.7. The zero-order valence-corrected chi connectivity index (χ0v) is 19.3. The number of hydrogen-bond donors (Lipinski definition) is 2. The molecule has 2 aliphatic rings. The Morgan fingerprint density at radius 2 is 1.73 bits per heavy atom. The molecule has 6 heteroatoms. The highest BCUT2D eigenvalue weighted by molar-refractivity contribution is 5.47. The van der Waals surface area contributed by atoms with Crippen molar-refractivity contribution >= 4 is 5.69 Å². The lowest BCUT2D eigenvalue weighted by Crippen LogP contribution is -2.23. The lowest BCUT2D eigenvalue weighted by molar-refractivity contribution is 0.170. The van der Waals surface area contributed by atoms with Crippen LogP contribution in [-0.4, -0.2) is 34.7 Å². The van der Waals surface area contributed by atoms with E-state index in [9.17, 15) is 5.11 Å². The van der Waals surface area contributed by atoms with E-state index in [0.717, 1.165) is 53.6 Å². The fourth-order valence-electron chi connectivity index (χ4n) is 4.87. The topological polar surface area (TPSA) is 66.9 Å². The van der Waals surface area contributed by atoms with Crippen LogP contribution in [0.1, 0.15) is 53.2 Å². The van der Waals surface area contributed by atoms with Crippen molar-refractivity contribution in [3.05, 3.63) is 82.7 Å². The van der Waals surface area contributed by atoms with Crippen LogP contribution in [0.25, 0.3) is 0 Å². The van der Waals surface area contributed by atoms with Crippen molar-refractivity contribution in [1.82, 2.24) is 9.88 Å². The van der Waals surface area contributed by atoms with Gasteiger partial charge in [-0.3, -0.25) is 9.88 Å². The molecule has 0 bridgehead atoms. The summed E-state index contributed by atoms with van der Waals surface area (Å²) < 4.78 is 11.5. The Bertz CT molecular complexity index is 1100. The van der Waals surface area contributed by atoms with Gasteiger partial charge in [-0.1, -0.05) is 18.2 Å². The molecular formula is C27H31N3O3. The molecule has 1 aromatic heterocycles. The Hall–Kier alpha value is -3.09. The number of aliphatic hydroxyl groups is 1. The van der Waals surface area contributed by atoms with Crippen LogP contribution in [-0.2, 0) is 6.54 Å². The van der Waals surface area contributed by atoms with Gasteiger partial charge in [0.2, 0.25) is 0 Å². The van der Waals surface area contributed by atoms with Gasteiger partial charge in [0.05, 0.1) is 0 Å². The first kappa shape index (κ1) is 21.7. The normalized spacial score (nSPS) is 18.8. The third-order valence-corrected chi connectivity index (χ3v) is 6.38. The van der Waals surface area contributed by atoms with E-state index < -0.39 is 6.23 Å². The standard InChI is InChI=1S/C27H31N3O3/c1-18-14-22(15-19(2)28-18)27(31)29-23-8-5-20(6-9-23)17-30-11-3-4-24(30)21-7-10-25-26(16-21)33-13-12-32-25/h5-10,14-16,24,27,29,31H,3-4,11-13,17H2,1-2H3/t24-,27?/m0/s1. The SMILES string of the molecule is Cc1cc(C(O)Nc2ccc(CN3CCC[C@H]3c3ccc4c(c3)OCCO4)cc2)cc(C)n1. The third-order valence-electron chi connectivity index (χ3n) is 6.38. The predicted molar refractivity (Wildman–Crippen MR) is 129 cm³/mol. The van der Waals surface area contributed by atoms with E-state index in [0.29, 0.717) is 19.3 Å². The average molecular weight is 446 g/mol. The van der Waals surface area contributed by atoms with Crippen LogP contribution in [0.2, 0.25) is 0 Å². The van der Waals surface area contributed by atoms with Crippen molar-refractivity contribution < 1.29 is 14.6 Å². The van der Waals surface area contributed by atoms with E-state index in [1.54, 1.807) is 0 Å². The monoisotopic (exact) mass is 445 g/mol. The minimum Gasteiger partial charge on any atom is -0.486 e. The Morgan fingerprint density at radius 1 is 1.00 bits per heavy atom. The lowest BCUT2D eigenvalue weighted by Gasteiger charge is -2.26. The summed E-state index contributed by atoms with van der Waals surface area (Å²) in [5.74, 6) is 1.70. The maximum Gasteiger partial charge on any atom is 0.161 e. The van der Waals surface area contributed by atoms with Gasteiger partial charge in [-0.05, 0) is 80.8 Å². The van der Waals surface area contributed by atoms with Crippen LogP contribution in [0.5, 0.6) is 11.5 Å². The zero-order valence-electron chi connectivity index (χ0n) is 19.3. The van der Waals surface area contributed by atoms with Gasteiger partial charge >= 0.3 is 0 Å². The predicted octanol–water partition coefficient (Wildman–Crippen LogP) is 4.91. The van der Waals surface area contributed by atoms with Crippen LogP contribution in [0, 0.1) is 13.8 Å². The van der Waals surface area contributed by atoms with E-state index in [1.165, 1.54) is 17.5 Å². The van der Waals surface area contributed by atoms with Crippen molar-refractivity contribution in [2.75, 3.05) is 25.1 Å². The van der Waals surface area contributed by atoms with Crippen LogP contribution in [0.15, 0.2) is 54.6 Å². The Morgan fingerprint density at radius 3 is 2.48 bits per heavy atom. The maximum absolute atomic E-state index is 10.6.